The molecule has 2 aromatic rings. The molecule has 2 heterocycles. The van der Waals surface area contributed by atoms with Crippen molar-refractivity contribution in [2.75, 3.05) is 7.05 Å². The van der Waals surface area contributed by atoms with Crippen molar-refractivity contribution in [1.29, 1.82) is 0 Å². The van der Waals surface area contributed by atoms with Crippen molar-refractivity contribution in [3.05, 3.63) is 32.4 Å². The third-order valence-corrected chi connectivity index (χ3v) is 6.91. The standard InChI is InChI=1S/C11H13ClN2O2S3/c1-8-11(18-7-13-8)5-14(2)19(15,16)10-3-9(4-12)17-6-10/h3,6-7H,4-5H2,1-2H3. The second-order valence-electron chi connectivity index (χ2n) is 4.00. The molecule has 0 unspecified atom stereocenters. The number of nitrogens with zero attached hydrogens (tertiary/aromatic N) is 2. The number of hydrogen-bond donors (Lipinski definition) is 0. The largest absolute Gasteiger partial charge is 0.250 e. The average Bonchev–Trinajstić information content (AvgIpc) is 2.99. The van der Waals surface area contributed by atoms with E-state index < -0.39 is 10.0 Å². The van der Waals surface area contributed by atoms with Crippen molar-refractivity contribution in [3.63, 3.8) is 0 Å². The summed E-state index contributed by atoms with van der Waals surface area (Å²) >= 11 is 8.52. The molecule has 0 aliphatic heterocycles. The lowest BCUT2D eigenvalue weighted by Gasteiger charge is -2.15. The van der Waals surface area contributed by atoms with Crippen LogP contribution < -0.4 is 0 Å². The lowest BCUT2D eigenvalue weighted by Crippen LogP contribution is -2.26. The highest BCUT2D eigenvalue weighted by atomic mass is 35.5. The molecule has 104 valence electrons. The van der Waals surface area contributed by atoms with Crippen LogP contribution in [0.5, 0.6) is 0 Å². The van der Waals surface area contributed by atoms with Crippen molar-refractivity contribution in [1.82, 2.24) is 9.29 Å². The van der Waals surface area contributed by atoms with Gasteiger partial charge in [0.05, 0.1) is 22.0 Å². The Morgan fingerprint density at radius 2 is 2.16 bits per heavy atom. The second-order valence-corrected chi connectivity index (χ2v) is 8.25. The van der Waals surface area contributed by atoms with Gasteiger partial charge >= 0.3 is 0 Å². The van der Waals surface area contributed by atoms with Gasteiger partial charge in [-0.15, -0.1) is 34.3 Å². The molecule has 0 amide bonds. The first-order valence-corrected chi connectivity index (χ1v) is 9.17. The fraction of sp³-hybridized carbons (Fsp3) is 0.364. The Morgan fingerprint density at radius 1 is 1.42 bits per heavy atom. The van der Waals surface area contributed by atoms with Crippen LogP contribution in [0.1, 0.15) is 15.4 Å². The van der Waals surface area contributed by atoms with Crippen LogP contribution in [0.2, 0.25) is 0 Å². The minimum Gasteiger partial charge on any atom is -0.250 e. The quantitative estimate of drug-likeness (QED) is 0.788. The first-order chi connectivity index (χ1) is 8.95. The molecule has 0 N–H and O–H groups in total. The van der Waals surface area contributed by atoms with Crippen molar-refractivity contribution < 1.29 is 8.42 Å². The van der Waals surface area contributed by atoms with E-state index in [1.165, 1.54) is 27.0 Å². The Labute approximate surface area is 125 Å². The third kappa shape index (κ3) is 3.17. The van der Waals surface area contributed by atoms with Crippen molar-refractivity contribution >= 4 is 44.3 Å². The van der Waals surface area contributed by atoms with E-state index in [4.69, 9.17) is 11.6 Å². The summed E-state index contributed by atoms with van der Waals surface area (Å²) in [5.41, 5.74) is 2.60. The van der Waals surface area contributed by atoms with Crippen LogP contribution in [0.25, 0.3) is 0 Å². The number of rotatable bonds is 5. The van der Waals surface area contributed by atoms with E-state index in [2.05, 4.69) is 4.98 Å². The molecule has 2 aromatic heterocycles. The molecule has 0 aliphatic rings. The maximum absolute atomic E-state index is 12.4. The number of sulfonamides is 1. The van der Waals surface area contributed by atoms with E-state index in [1.807, 2.05) is 6.92 Å². The summed E-state index contributed by atoms with van der Waals surface area (Å²) in [6.45, 7) is 2.22. The highest BCUT2D eigenvalue weighted by Gasteiger charge is 2.23. The van der Waals surface area contributed by atoms with Gasteiger partial charge in [0, 0.05) is 28.7 Å². The van der Waals surface area contributed by atoms with Crippen LogP contribution in [0, 0.1) is 6.92 Å². The Hall–Kier alpha value is -0.470. The van der Waals surface area contributed by atoms with Gasteiger partial charge in [-0.2, -0.15) is 4.31 Å². The summed E-state index contributed by atoms with van der Waals surface area (Å²) in [4.78, 5) is 6.23. The zero-order chi connectivity index (χ0) is 14.0. The minimum absolute atomic E-state index is 0.304. The molecule has 0 radical (unpaired) electrons. The molecule has 0 atom stereocenters. The molecule has 0 spiro atoms. The summed E-state index contributed by atoms with van der Waals surface area (Å²) in [5, 5.41) is 1.63. The Bertz CT molecular complexity index is 663. The van der Waals surface area contributed by atoms with Crippen molar-refractivity contribution in [2.45, 2.75) is 24.2 Å². The minimum atomic E-state index is -3.46. The summed E-state index contributed by atoms with van der Waals surface area (Å²) in [6.07, 6.45) is 0. The van der Waals surface area contributed by atoms with Gasteiger partial charge in [0.15, 0.2) is 0 Å². The van der Waals surface area contributed by atoms with Crippen LogP contribution in [0.3, 0.4) is 0 Å². The van der Waals surface area contributed by atoms with E-state index in [0.29, 0.717) is 17.3 Å². The van der Waals surface area contributed by atoms with Crippen molar-refractivity contribution in [2.24, 2.45) is 0 Å². The molecule has 0 saturated carbocycles. The smallest absolute Gasteiger partial charge is 0.243 e. The molecule has 19 heavy (non-hydrogen) atoms. The number of hydrogen-bond acceptors (Lipinski definition) is 5. The molecular formula is C11H13ClN2O2S3. The van der Waals surface area contributed by atoms with Gasteiger partial charge in [-0.25, -0.2) is 13.4 Å². The van der Waals surface area contributed by atoms with E-state index in [1.54, 1.807) is 24.0 Å². The van der Waals surface area contributed by atoms with E-state index in [9.17, 15) is 8.42 Å². The van der Waals surface area contributed by atoms with Crippen molar-refractivity contribution in [3.8, 4) is 0 Å². The molecule has 0 fully saturated rings. The fourth-order valence-electron chi connectivity index (χ4n) is 1.51. The van der Waals surface area contributed by atoms with Gasteiger partial charge in [-0.05, 0) is 13.0 Å². The number of thiophene rings is 1. The SMILES string of the molecule is Cc1ncsc1CN(C)S(=O)(=O)c1csc(CCl)c1. The van der Waals surface area contributed by atoms with Gasteiger partial charge < -0.3 is 0 Å². The van der Waals surface area contributed by atoms with Crippen LogP contribution in [-0.2, 0) is 22.4 Å². The first kappa shape index (κ1) is 14.9. The summed E-state index contributed by atoms with van der Waals surface area (Å²) < 4.78 is 26.1. The molecule has 4 nitrogen and oxygen atoms in total. The molecule has 0 bridgehead atoms. The lowest BCUT2D eigenvalue weighted by atomic mass is 10.4. The number of aryl methyl sites for hydroxylation is 1. The van der Waals surface area contributed by atoms with Gasteiger partial charge in [-0.1, -0.05) is 0 Å². The number of alkyl halides is 1. The molecule has 8 heteroatoms. The van der Waals surface area contributed by atoms with Gasteiger partial charge in [0.2, 0.25) is 10.0 Å². The Morgan fingerprint density at radius 3 is 2.68 bits per heavy atom. The summed E-state index contributed by atoms with van der Waals surface area (Å²) in [7, 11) is -1.88. The third-order valence-electron chi connectivity index (χ3n) is 2.68. The molecule has 0 aliphatic carbocycles. The fourth-order valence-corrected chi connectivity index (χ4v) is 4.94. The summed E-state index contributed by atoms with van der Waals surface area (Å²) in [6, 6.07) is 1.63. The molecule has 2 rings (SSSR count). The highest BCUT2D eigenvalue weighted by molar-refractivity contribution is 7.89. The summed E-state index contributed by atoms with van der Waals surface area (Å²) in [5.74, 6) is 0.331. The normalized spacial score (nSPS) is 12.2. The van der Waals surface area contributed by atoms with Gasteiger partial charge in [0.25, 0.3) is 0 Å². The Balaban J connectivity index is 2.22. The van der Waals surface area contributed by atoms with Crippen LogP contribution in [-0.4, -0.2) is 24.8 Å². The predicted octanol–water partition coefficient (Wildman–Crippen LogP) is 3.07. The maximum Gasteiger partial charge on any atom is 0.243 e. The molecule has 0 saturated heterocycles. The van der Waals surface area contributed by atoms with Gasteiger partial charge in [-0.3, -0.25) is 0 Å². The number of aromatic nitrogens is 1. The maximum atomic E-state index is 12.4. The van der Waals surface area contributed by atoms with E-state index >= 15 is 0 Å². The van der Waals surface area contributed by atoms with Crippen LogP contribution in [0.15, 0.2) is 21.9 Å². The monoisotopic (exact) mass is 336 g/mol. The zero-order valence-electron chi connectivity index (χ0n) is 10.5. The van der Waals surface area contributed by atoms with E-state index in [-0.39, 0.29) is 0 Å². The van der Waals surface area contributed by atoms with Gasteiger partial charge in [0.1, 0.15) is 0 Å². The number of halogens is 1. The number of thiazole rings is 1. The van der Waals surface area contributed by atoms with E-state index in [0.717, 1.165) is 15.4 Å². The van der Waals surface area contributed by atoms with Crippen LogP contribution in [0.4, 0.5) is 0 Å². The second kappa shape index (κ2) is 5.88. The Kier molecular flexibility index (Phi) is 4.62. The topological polar surface area (TPSA) is 50.3 Å². The highest BCUT2D eigenvalue weighted by Crippen LogP contribution is 2.25. The first-order valence-electron chi connectivity index (χ1n) is 5.44. The van der Waals surface area contributed by atoms with Crippen LogP contribution >= 0.6 is 34.3 Å². The average molecular weight is 337 g/mol. The molecular weight excluding hydrogens is 324 g/mol. The lowest BCUT2D eigenvalue weighted by molar-refractivity contribution is 0.469. The zero-order valence-corrected chi connectivity index (χ0v) is 13.7. The predicted molar refractivity (Wildman–Crippen MR) is 79.4 cm³/mol. The molecule has 0 aromatic carbocycles.